The van der Waals surface area contributed by atoms with Crippen LogP contribution in [0.25, 0.3) is 0 Å². The van der Waals surface area contributed by atoms with Gasteiger partial charge in [-0.05, 0) is 48.6 Å². The van der Waals surface area contributed by atoms with Crippen LogP contribution in [0.5, 0.6) is 0 Å². The normalized spacial score (nSPS) is 14.7. The van der Waals surface area contributed by atoms with Gasteiger partial charge in [0.15, 0.2) is 0 Å². The maximum Gasteiger partial charge on any atom is 0.310 e. The molecule has 0 aromatic heterocycles. The predicted octanol–water partition coefficient (Wildman–Crippen LogP) is 7.07. The number of aliphatic hydroxyl groups is 1. The van der Waals surface area contributed by atoms with Crippen molar-refractivity contribution in [2.75, 3.05) is 13.6 Å². The third-order valence-corrected chi connectivity index (χ3v) is 6.30. The van der Waals surface area contributed by atoms with Crippen molar-refractivity contribution in [3.05, 3.63) is 77.4 Å². The molecule has 0 aliphatic rings. The summed E-state index contributed by atoms with van der Waals surface area (Å²) in [5, 5.41) is 12.4. The second-order valence-electron chi connectivity index (χ2n) is 7.72. The fourth-order valence-electron chi connectivity index (χ4n) is 3.05. The maximum absolute atomic E-state index is 12.1. The highest BCUT2D eigenvalue weighted by atomic mass is 32.5. The molecule has 34 heavy (non-hydrogen) atoms. The molecule has 2 aromatic carbocycles. The van der Waals surface area contributed by atoms with Crippen LogP contribution >= 0.6 is 10.2 Å². The molecule has 1 unspecified atom stereocenters. The number of aliphatic imine (C=N–C) groups is 1. The lowest BCUT2D eigenvalue weighted by Crippen LogP contribution is -2.29. The van der Waals surface area contributed by atoms with Crippen LogP contribution in [0.1, 0.15) is 48.4 Å². The van der Waals surface area contributed by atoms with E-state index in [0.29, 0.717) is 30.2 Å². The van der Waals surface area contributed by atoms with Gasteiger partial charge in [0.05, 0.1) is 18.9 Å². The second kappa shape index (κ2) is 10.7. The molecular formula is C24H31F5N2O2S. The van der Waals surface area contributed by atoms with Crippen molar-refractivity contribution in [2.24, 2.45) is 4.99 Å². The van der Waals surface area contributed by atoms with E-state index < -0.39 is 15.1 Å². The van der Waals surface area contributed by atoms with E-state index in [1.54, 1.807) is 7.05 Å². The fourth-order valence-corrected chi connectivity index (χ4v) is 3.70. The Morgan fingerprint density at radius 1 is 1.15 bits per heavy atom. The van der Waals surface area contributed by atoms with Crippen molar-refractivity contribution in [3.8, 4) is 0 Å². The molecule has 0 aliphatic carbocycles. The van der Waals surface area contributed by atoms with Crippen LogP contribution in [0, 0.1) is 6.92 Å². The minimum atomic E-state index is -9.45. The Kier molecular flexibility index (Phi) is 9.22. The zero-order chi connectivity index (χ0) is 26.2. The number of aliphatic hydroxyl groups excluding tert-OH is 1. The highest BCUT2D eigenvalue weighted by Gasteiger charge is 2.65. The largest absolute Gasteiger partial charge is 0.392 e. The third kappa shape index (κ3) is 8.57. The lowest BCUT2D eigenvalue weighted by Gasteiger charge is -2.40. The van der Waals surface area contributed by atoms with Crippen molar-refractivity contribution >= 4 is 21.8 Å². The monoisotopic (exact) mass is 506 g/mol. The zero-order valence-electron chi connectivity index (χ0n) is 19.6. The topological polar surface area (TPSA) is 61.7 Å². The van der Waals surface area contributed by atoms with Crippen LogP contribution in [0.3, 0.4) is 0 Å². The number of hydrogen-bond donors (Lipinski definition) is 2. The number of halogens is 5. The standard InChI is InChI=1S/C17H24N2O2.C7H7F5S/c1-5-12(3)14-9-7-8-13(11-20)17(14)15(18-4)10-19-16(21)6-2;1-6-2-4-7(5-3-6)13(8,9,10,11)12/h6-9,12,20H,2,5,10-11H2,1,3-4H3,(H,19,21);2-5H,1H3. The summed E-state index contributed by atoms with van der Waals surface area (Å²) >= 11 is 0. The number of nitrogens with zero attached hydrogens (tertiary/aromatic N) is 1. The maximum atomic E-state index is 12.1. The van der Waals surface area contributed by atoms with Crippen molar-refractivity contribution in [1.82, 2.24) is 5.32 Å². The van der Waals surface area contributed by atoms with Crippen LogP contribution < -0.4 is 5.32 Å². The second-order valence-corrected chi connectivity index (χ2v) is 10.1. The van der Waals surface area contributed by atoms with Crippen LogP contribution in [-0.2, 0) is 11.4 Å². The van der Waals surface area contributed by atoms with Crippen LogP contribution in [-0.4, -0.2) is 30.3 Å². The van der Waals surface area contributed by atoms with Crippen molar-refractivity contribution in [2.45, 2.75) is 44.6 Å². The Morgan fingerprint density at radius 3 is 2.18 bits per heavy atom. The molecule has 0 heterocycles. The van der Waals surface area contributed by atoms with Gasteiger partial charge in [-0.3, -0.25) is 9.79 Å². The molecule has 0 bridgehead atoms. The summed E-state index contributed by atoms with van der Waals surface area (Å²) in [6.45, 7) is 9.51. The third-order valence-electron chi connectivity index (χ3n) is 5.14. The van der Waals surface area contributed by atoms with Gasteiger partial charge in [0.25, 0.3) is 0 Å². The molecule has 0 spiro atoms. The van der Waals surface area contributed by atoms with Crippen molar-refractivity contribution < 1.29 is 29.3 Å². The van der Waals surface area contributed by atoms with Gasteiger partial charge in [-0.1, -0.05) is 75.8 Å². The molecule has 0 radical (unpaired) electrons. The number of hydrogen-bond acceptors (Lipinski definition) is 3. The summed E-state index contributed by atoms with van der Waals surface area (Å²) in [5.41, 5.74) is 4.20. The average Bonchev–Trinajstić information content (AvgIpc) is 2.77. The average molecular weight is 507 g/mol. The van der Waals surface area contributed by atoms with E-state index in [0.717, 1.165) is 41.0 Å². The van der Waals surface area contributed by atoms with Gasteiger partial charge in [-0.15, -0.1) is 0 Å². The van der Waals surface area contributed by atoms with E-state index in [1.807, 2.05) is 12.1 Å². The lowest BCUT2D eigenvalue weighted by molar-refractivity contribution is -0.116. The first-order valence-corrected chi connectivity index (χ1v) is 12.4. The molecule has 0 saturated carbocycles. The molecule has 0 saturated heterocycles. The van der Waals surface area contributed by atoms with Crippen LogP contribution in [0.4, 0.5) is 19.4 Å². The Balaban J connectivity index is 0.000000380. The molecule has 0 fully saturated rings. The lowest BCUT2D eigenvalue weighted by atomic mass is 9.88. The predicted molar refractivity (Wildman–Crippen MR) is 129 cm³/mol. The summed E-state index contributed by atoms with van der Waals surface area (Å²) in [7, 11) is -7.75. The number of rotatable bonds is 8. The number of amides is 1. The van der Waals surface area contributed by atoms with Crippen LogP contribution in [0.15, 0.2) is 65.0 Å². The van der Waals surface area contributed by atoms with Crippen LogP contribution in [0.2, 0.25) is 0 Å². The number of aryl methyl sites for hydroxylation is 1. The highest BCUT2D eigenvalue weighted by Crippen LogP contribution is 3.02. The fraction of sp³-hybridized carbons (Fsp3) is 0.333. The molecular weight excluding hydrogens is 475 g/mol. The van der Waals surface area contributed by atoms with Crippen molar-refractivity contribution in [1.29, 1.82) is 0 Å². The molecule has 2 rings (SSSR count). The van der Waals surface area contributed by atoms with E-state index in [-0.39, 0.29) is 12.5 Å². The number of nitrogens with one attached hydrogen (secondary N) is 1. The van der Waals surface area contributed by atoms with Gasteiger partial charge in [-0.25, -0.2) is 0 Å². The molecule has 190 valence electrons. The Labute approximate surface area is 197 Å². The van der Waals surface area contributed by atoms with Gasteiger partial charge in [0.2, 0.25) is 5.91 Å². The SMILES string of the molecule is C=CC(=O)NCC(=NC)c1c(CO)cccc1C(C)CC.Cc1ccc(S(F)(F)(F)(F)F)cc1. The first kappa shape index (κ1) is 29.3. The van der Waals surface area contributed by atoms with Crippen molar-refractivity contribution in [3.63, 3.8) is 0 Å². The summed E-state index contributed by atoms with van der Waals surface area (Å²) in [4.78, 5) is 13.8. The summed E-state index contributed by atoms with van der Waals surface area (Å²) in [6.07, 6.45) is 2.23. The Hall–Kier alpha value is -2.72. The number of carbonyl (C=O) groups excluding carboxylic acids is 1. The molecule has 2 aromatic rings. The summed E-state index contributed by atoms with van der Waals surface area (Å²) < 4.78 is 60.4. The Bertz CT molecular complexity index is 1040. The number of benzene rings is 2. The van der Waals surface area contributed by atoms with E-state index in [4.69, 9.17) is 0 Å². The van der Waals surface area contributed by atoms with E-state index >= 15 is 0 Å². The Morgan fingerprint density at radius 2 is 1.74 bits per heavy atom. The van der Waals surface area contributed by atoms with E-state index in [9.17, 15) is 29.3 Å². The first-order valence-electron chi connectivity index (χ1n) is 10.5. The van der Waals surface area contributed by atoms with E-state index in [1.165, 1.54) is 13.0 Å². The molecule has 1 atom stereocenters. The van der Waals surface area contributed by atoms with Gasteiger partial charge in [0, 0.05) is 12.6 Å². The molecule has 10 heteroatoms. The summed E-state index contributed by atoms with van der Waals surface area (Å²) in [6, 6.07) is 8.71. The smallest absolute Gasteiger partial charge is 0.310 e. The minimum Gasteiger partial charge on any atom is -0.392 e. The van der Waals surface area contributed by atoms with Gasteiger partial charge in [0.1, 0.15) is 4.90 Å². The molecule has 0 aliphatic heterocycles. The zero-order valence-corrected chi connectivity index (χ0v) is 20.4. The molecule has 4 nitrogen and oxygen atoms in total. The van der Waals surface area contributed by atoms with E-state index in [2.05, 4.69) is 36.8 Å². The molecule has 2 N–H and O–H groups in total. The minimum absolute atomic E-state index is 0.0476. The first-order chi connectivity index (χ1) is 15.6. The highest BCUT2D eigenvalue weighted by molar-refractivity contribution is 8.45. The van der Waals surface area contributed by atoms with Gasteiger partial charge < -0.3 is 10.4 Å². The summed E-state index contributed by atoms with van der Waals surface area (Å²) in [5.74, 6) is 0.126. The van der Waals surface area contributed by atoms with Gasteiger partial charge >= 0.3 is 10.2 Å². The number of carbonyl (C=O) groups is 1. The molecule has 1 amide bonds. The van der Waals surface area contributed by atoms with Gasteiger partial charge in [-0.2, -0.15) is 0 Å². The quantitative estimate of drug-likeness (QED) is 0.229.